The van der Waals surface area contributed by atoms with Crippen molar-refractivity contribution in [3.63, 3.8) is 0 Å². The molecular weight excluding hydrogens is 173 g/mol. The average molecular weight is 178 g/mol. The molecule has 0 radical (unpaired) electrons. The molecule has 0 spiro atoms. The van der Waals surface area contributed by atoms with Crippen molar-refractivity contribution in [2.45, 2.75) is 0 Å². The van der Waals surface area contributed by atoms with Crippen molar-refractivity contribution in [3.8, 4) is 0 Å². The fraction of sp³-hybridized carbons (Fsp3) is 0. The Morgan fingerprint density at radius 2 is 1.82 bits per heavy atom. The minimum atomic E-state index is -2.47. The van der Waals surface area contributed by atoms with E-state index in [1.807, 2.05) is 0 Å². The molecule has 5 heteroatoms. The predicted molar refractivity (Wildman–Crippen MR) is 37.3 cm³/mol. The van der Waals surface area contributed by atoms with Gasteiger partial charge in [-0.2, -0.15) is 0 Å². The van der Waals surface area contributed by atoms with Gasteiger partial charge >= 0.3 is 0 Å². The molecule has 11 heavy (non-hydrogen) atoms. The summed E-state index contributed by atoms with van der Waals surface area (Å²) in [5.74, 6) is -1.66. The van der Waals surface area contributed by atoms with Crippen LogP contribution in [0.3, 0.4) is 0 Å². The van der Waals surface area contributed by atoms with Crippen LogP contribution in [-0.2, 0) is 0 Å². The van der Waals surface area contributed by atoms with Crippen molar-refractivity contribution >= 4 is 13.7 Å². The number of benzene rings is 1. The van der Waals surface area contributed by atoms with Gasteiger partial charge < -0.3 is 9.79 Å². The van der Waals surface area contributed by atoms with E-state index in [9.17, 15) is 8.78 Å². The number of hydrogen-bond acceptors (Lipinski definition) is 2. The molecule has 0 atom stereocenters. The highest BCUT2D eigenvalue weighted by atomic mass is 31.2. The fourth-order valence-corrected chi connectivity index (χ4v) is 1.11. The molecule has 60 valence electrons. The Kier molecular flexibility index (Phi) is 2.49. The molecule has 1 aromatic rings. The zero-order valence-corrected chi connectivity index (χ0v) is 6.22. The van der Waals surface area contributed by atoms with Crippen LogP contribution in [0.2, 0.25) is 0 Å². The molecule has 2 N–H and O–H groups in total. The van der Waals surface area contributed by atoms with E-state index in [0.717, 1.165) is 12.1 Å². The highest BCUT2D eigenvalue weighted by Gasteiger charge is 2.10. The van der Waals surface area contributed by atoms with Gasteiger partial charge in [-0.15, -0.1) is 0 Å². The van der Waals surface area contributed by atoms with Gasteiger partial charge in [-0.1, -0.05) is 0 Å². The van der Waals surface area contributed by atoms with Crippen LogP contribution in [0, 0.1) is 11.6 Å². The molecule has 0 aliphatic heterocycles. The van der Waals surface area contributed by atoms with Gasteiger partial charge in [0.25, 0.3) is 0 Å². The van der Waals surface area contributed by atoms with Gasteiger partial charge in [0, 0.05) is 6.07 Å². The zero-order valence-electron chi connectivity index (χ0n) is 5.33. The standard InChI is InChI=1S/C6H5F2O2P/c7-4-1-2-6(11(9)10)5(8)3-4/h1-3,9-10H. The van der Waals surface area contributed by atoms with Crippen LogP contribution in [0.5, 0.6) is 0 Å². The van der Waals surface area contributed by atoms with Crippen LogP contribution in [-0.4, -0.2) is 9.79 Å². The van der Waals surface area contributed by atoms with E-state index >= 15 is 0 Å². The van der Waals surface area contributed by atoms with Gasteiger partial charge in [0.2, 0.25) is 8.38 Å². The third-order valence-electron chi connectivity index (χ3n) is 1.13. The molecular formula is C6H5F2O2P. The lowest BCUT2D eigenvalue weighted by molar-refractivity contribution is 0.493. The lowest BCUT2D eigenvalue weighted by Gasteiger charge is -2.02. The summed E-state index contributed by atoms with van der Waals surface area (Å²) in [4.78, 5) is 17.1. The normalized spacial score (nSPS) is 10.6. The predicted octanol–water partition coefficient (Wildman–Crippen LogP) is 0.887. The zero-order chi connectivity index (χ0) is 8.43. The second-order valence-electron chi connectivity index (χ2n) is 1.89. The Hall–Kier alpha value is -0.570. The summed E-state index contributed by atoms with van der Waals surface area (Å²) < 4.78 is 24.8. The largest absolute Gasteiger partial charge is 0.347 e. The SMILES string of the molecule is OP(O)c1ccc(F)cc1F. The molecule has 0 saturated heterocycles. The topological polar surface area (TPSA) is 40.5 Å². The van der Waals surface area contributed by atoms with E-state index in [1.165, 1.54) is 0 Å². The Morgan fingerprint density at radius 3 is 2.27 bits per heavy atom. The highest BCUT2D eigenvalue weighted by molar-refractivity contribution is 7.54. The third kappa shape index (κ3) is 1.93. The summed E-state index contributed by atoms with van der Waals surface area (Å²) in [6.07, 6.45) is 0. The first-order chi connectivity index (χ1) is 5.11. The number of halogens is 2. The van der Waals surface area contributed by atoms with Crippen LogP contribution < -0.4 is 5.30 Å². The summed E-state index contributed by atoms with van der Waals surface area (Å²) in [5.41, 5.74) is 0. The molecule has 0 aromatic heterocycles. The summed E-state index contributed by atoms with van der Waals surface area (Å²) in [6.45, 7) is 0. The Labute approximate surface area is 63.0 Å². The van der Waals surface area contributed by atoms with Crippen molar-refractivity contribution in [1.29, 1.82) is 0 Å². The first-order valence-electron chi connectivity index (χ1n) is 2.74. The van der Waals surface area contributed by atoms with E-state index in [1.54, 1.807) is 0 Å². The minimum absolute atomic E-state index is 0.263. The average Bonchev–Trinajstić information content (AvgIpc) is 1.85. The van der Waals surface area contributed by atoms with E-state index < -0.39 is 20.0 Å². The highest BCUT2D eigenvalue weighted by Crippen LogP contribution is 2.23. The van der Waals surface area contributed by atoms with E-state index in [2.05, 4.69) is 0 Å². The van der Waals surface area contributed by atoms with Crippen LogP contribution in [0.25, 0.3) is 0 Å². The number of rotatable bonds is 1. The van der Waals surface area contributed by atoms with E-state index in [-0.39, 0.29) is 5.30 Å². The van der Waals surface area contributed by atoms with Crippen LogP contribution in [0.15, 0.2) is 18.2 Å². The molecule has 0 heterocycles. The Bertz CT molecular complexity index is 265. The van der Waals surface area contributed by atoms with Gasteiger partial charge in [-0.25, -0.2) is 8.78 Å². The summed E-state index contributed by atoms with van der Waals surface area (Å²) in [6, 6.07) is 2.59. The second kappa shape index (κ2) is 3.22. The lowest BCUT2D eigenvalue weighted by Crippen LogP contribution is -2.05. The summed E-state index contributed by atoms with van der Waals surface area (Å²) in [5, 5.41) is -0.263. The molecule has 0 unspecified atom stereocenters. The summed E-state index contributed by atoms with van der Waals surface area (Å²) in [7, 11) is -2.47. The molecule has 1 aromatic carbocycles. The molecule has 0 amide bonds. The van der Waals surface area contributed by atoms with Crippen molar-refractivity contribution in [2.75, 3.05) is 0 Å². The van der Waals surface area contributed by atoms with Crippen LogP contribution in [0.1, 0.15) is 0 Å². The molecule has 2 nitrogen and oxygen atoms in total. The summed E-state index contributed by atoms with van der Waals surface area (Å²) >= 11 is 0. The van der Waals surface area contributed by atoms with Gasteiger partial charge in [0.15, 0.2) is 0 Å². The number of hydrogen-bond donors (Lipinski definition) is 2. The Balaban J connectivity index is 3.09. The van der Waals surface area contributed by atoms with Crippen LogP contribution >= 0.6 is 8.38 Å². The Morgan fingerprint density at radius 1 is 1.18 bits per heavy atom. The fourth-order valence-electron chi connectivity index (χ4n) is 0.643. The van der Waals surface area contributed by atoms with Gasteiger partial charge in [0.05, 0.1) is 5.30 Å². The first kappa shape index (κ1) is 8.53. The van der Waals surface area contributed by atoms with Crippen molar-refractivity contribution in [1.82, 2.24) is 0 Å². The van der Waals surface area contributed by atoms with Gasteiger partial charge in [-0.3, -0.25) is 0 Å². The van der Waals surface area contributed by atoms with E-state index in [0.29, 0.717) is 6.07 Å². The maximum atomic E-state index is 12.6. The van der Waals surface area contributed by atoms with E-state index in [4.69, 9.17) is 9.79 Å². The molecule has 0 bridgehead atoms. The molecule has 0 aliphatic carbocycles. The second-order valence-corrected chi connectivity index (χ2v) is 2.95. The molecule has 0 saturated carbocycles. The third-order valence-corrected chi connectivity index (χ3v) is 1.92. The van der Waals surface area contributed by atoms with Crippen molar-refractivity contribution in [3.05, 3.63) is 29.8 Å². The smallest absolute Gasteiger partial charge is 0.202 e. The van der Waals surface area contributed by atoms with Gasteiger partial charge in [0.1, 0.15) is 11.6 Å². The maximum absolute atomic E-state index is 12.6. The first-order valence-corrected chi connectivity index (χ1v) is 3.99. The minimum Gasteiger partial charge on any atom is -0.347 e. The molecule has 1 rings (SSSR count). The van der Waals surface area contributed by atoms with Crippen LogP contribution in [0.4, 0.5) is 8.78 Å². The monoisotopic (exact) mass is 178 g/mol. The molecule has 0 aliphatic rings. The lowest BCUT2D eigenvalue weighted by atomic mass is 10.3. The maximum Gasteiger partial charge on any atom is 0.202 e. The van der Waals surface area contributed by atoms with Gasteiger partial charge in [-0.05, 0) is 12.1 Å². The van der Waals surface area contributed by atoms with Crippen molar-refractivity contribution < 1.29 is 18.6 Å². The van der Waals surface area contributed by atoms with Crippen molar-refractivity contribution in [2.24, 2.45) is 0 Å². The molecule has 0 fully saturated rings. The quantitative estimate of drug-likeness (QED) is 0.627.